The Kier molecular flexibility index (Phi) is 2.62. The molecule has 3 heteroatoms. The van der Waals surface area contributed by atoms with Crippen molar-refractivity contribution in [2.45, 2.75) is 18.3 Å². The maximum absolute atomic E-state index is 10.3. The fourth-order valence-corrected chi connectivity index (χ4v) is 2.01. The molecule has 0 aliphatic heterocycles. The van der Waals surface area contributed by atoms with Gasteiger partial charge in [0.05, 0.1) is 7.11 Å². The summed E-state index contributed by atoms with van der Waals surface area (Å²) in [6.07, 6.45) is 3.00. The Morgan fingerprint density at radius 1 is 1.47 bits per heavy atom. The van der Waals surface area contributed by atoms with Crippen LogP contribution in [0.25, 0.3) is 0 Å². The van der Waals surface area contributed by atoms with E-state index >= 15 is 0 Å². The predicted molar refractivity (Wildman–Crippen MR) is 58.0 cm³/mol. The van der Waals surface area contributed by atoms with Crippen molar-refractivity contribution in [1.29, 1.82) is 0 Å². The summed E-state index contributed by atoms with van der Waals surface area (Å²) in [5.41, 5.74) is 1.33. The van der Waals surface area contributed by atoms with Gasteiger partial charge in [-0.05, 0) is 18.9 Å². The topological polar surface area (TPSA) is 38.3 Å². The number of benzene rings is 1. The summed E-state index contributed by atoms with van der Waals surface area (Å²) in [6, 6.07) is 8.03. The first-order valence-electron chi connectivity index (χ1n) is 5.13. The van der Waals surface area contributed by atoms with Crippen molar-refractivity contribution in [2.75, 3.05) is 13.7 Å². The maximum Gasteiger partial charge on any atom is 0.207 e. The molecule has 2 rings (SSSR count). The van der Waals surface area contributed by atoms with Crippen LogP contribution in [0.4, 0.5) is 0 Å². The molecule has 0 radical (unpaired) electrons. The van der Waals surface area contributed by atoms with Gasteiger partial charge in [-0.1, -0.05) is 18.2 Å². The van der Waals surface area contributed by atoms with Gasteiger partial charge in [-0.2, -0.15) is 0 Å². The van der Waals surface area contributed by atoms with Gasteiger partial charge in [0.25, 0.3) is 0 Å². The number of ether oxygens (including phenoxy) is 1. The predicted octanol–water partition coefficient (Wildman–Crippen LogP) is 1.47. The zero-order chi connectivity index (χ0) is 10.7. The van der Waals surface area contributed by atoms with Gasteiger partial charge in [-0.25, -0.2) is 0 Å². The van der Waals surface area contributed by atoms with Gasteiger partial charge in [0.15, 0.2) is 0 Å². The Bertz CT molecular complexity index is 358. The lowest BCUT2D eigenvalue weighted by Crippen LogP contribution is -2.26. The lowest BCUT2D eigenvalue weighted by molar-refractivity contribution is -0.109. The molecule has 0 heterocycles. The molecule has 0 unspecified atom stereocenters. The third-order valence-corrected chi connectivity index (χ3v) is 3.06. The van der Waals surface area contributed by atoms with E-state index in [1.807, 2.05) is 18.2 Å². The van der Waals surface area contributed by atoms with Crippen molar-refractivity contribution in [3.05, 3.63) is 29.8 Å². The Morgan fingerprint density at radius 2 is 2.20 bits per heavy atom. The summed E-state index contributed by atoms with van der Waals surface area (Å²) >= 11 is 0. The number of hydrogen-bond acceptors (Lipinski definition) is 2. The minimum absolute atomic E-state index is 0.119. The van der Waals surface area contributed by atoms with Gasteiger partial charge < -0.3 is 10.1 Å². The number of carbonyl (C=O) groups excluding carboxylic acids is 1. The standard InChI is InChI=1S/C12H15NO2/c1-15-11-5-3-2-4-10(11)12(6-7-12)8-13-9-14/h2-5,9H,6-8H2,1H3,(H,13,14). The van der Waals surface area contributed by atoms with E-state index in [9.17, 15) is 4.79 Å². The summed E-state index contributed by atoms with van der Waals surface area (Å²) in [4.78, 5) is 10.3. The van der Waals surface area contributed by atoms with Crippen LogP contribution in [-0.4, -0.2) is 20.1 Å². The molecule has 1 aromatic carbocycles. The van der Waals surface area contributed by atoms with Crippen LogP contribution in [0.2, 0.25) is 0 Å². The van der Waals surface area contributed by atoms with E-state index in [0.29, 0.717) is 6.54 Å². The van der Waals surface area contributed by atoms with E-state index < -0.39 is 0 Å². The van der Waals surface area contributed by atoms with E-state index in [1.165, 1.54) is 5.56 Å². The average molecular weight is 205 g/mol. The number of nitrogens with one attached hydrogen (secondary N) is 1. The van der Waals surface area contributed by atoms with Crippen LogP contribution < -0.4 is 10.1 Å². The highest BCUT2D eigenvalue weighted by molar-refractivity contribution is 5.49. The van der Waals surface area contributed by atoms with Crippen LogP contribution in [0.15, 0.2) is 24.3 Å². The molecule has 0 aromatic heterocycles. The first-order valence-corrected chi connectivity index (χ1v) is 5.13. The SMILES string of the molecule is COc1ccccc1C1(CNC=O)CC1. The monoisotopic (exact) mass is 205 g/mol. The van der Waals surface area contributed by atoms with E-state index in [1.54, 1.807) is 7.11 Å². The number of carbonyl (C=O) groups is 1. The zero-order valence-electron chi connectivity index (χ0n) is 8.82. The summed E-state index contributed by atoms with van der Waals surface area (Å²) in [6.45, 7) is 0.705. The second-order valence-electron chi connectivity index (χ2n) is 3.98. The summed E-state index contributed by atoms with van der Waals surface area (Å²) in [5, 5.41) is 2.76. The Morgan fingerprint density at radius 3 is 2.80 bits per heavy atom. The minimum Gasteiger partial charge on any atom is -0.496 e. The van der Waals surface area contributed by atoms with E-state index in [-0.39, 0.29) is 5.41 Å². The second-order valence-corrected chi connectivity index (χ2v) is 3.98. The molecule has 0 bridgehead atoms. The highest BCUT2D eigenvalue weighted by atomic mass is 16.5. The summed E-state index contributed by atoms with van der Waals surface area (Å²) in [5.74, 6) is 0.919. The van der Waals surface area contributed by atoms with Crippen LogP contribution in [0.3, 0.4) is 0 Å². The van der Waals surface area contributed by atoms with E-state index in [0.717, 1.165) is 25.0 Å². The van der Waals surface area contributed by atoms with Crippen LogP contribution in [0.1, 0.15) is 18.4 Å². The molecule has 80 valence electrons. The van der Waals surface area contributed by atoms with Crippen molar-refractivity contribution in [3.63, 3.8) is 0 Å². The first kappa shape index (κ1) is 10.0. The lowest BCUT2D eigenvalue weighted by Gasteiger charge is -2.17. The van der Waals surface area contributed by atoms with Gasteiger partial charge in [0, 0.05) is 17.5 Å². The largest absolute Gasteiger partial charge is 0.496 e. The number of para-hydroxylation sites is 1. The fraction of sp³-hybridized carbons (Fsp3) is 0.417. The minimum atomic E-state index is 0.119. The number of amides is 1. The maximum atomic E-state index is 10.3. The number of rotatable bonds is 5. The molecule has 15 heavy (non-hydrogen) atoms. The zero-order valence-corrected chi connectivity index (χ0v) is 8.82. The molecule has 1 amide bonds. The molecule has 0 spiro atoms. The van der Waals surface area contributed by atoms with Crippen molar-refractivity contribution < 1.29 is 9.53 Å². The average Bonchev–Trinajstić information content (AvgIpc) is 3.07. The third-order valence-electron chi connectivity index (χ3n) is 3.06. The van der Waals surface area contributed by atoms with Crippen molar-refractivity contribution >= 4 is 6.41 Å². The van der Waals surface area contributed by atoms with Gasteiger partial charge in [0.2, 0.25) is 6.41 Å². The van der Waals surface area contributed by atoms with Gasteiger partial charge in [-0.15, -0.1) is 0 Å². The van der Waals surface area contributed by atoms with Crippen molar-refractivity contribution in [1.82, 2.24) is 5.32 Å². The molecule has 0 atom stereocenters. The molecule has 1 aromatic rings. The molecule has 1 aliphatic carbocycles. The highest BCUT2D eigenvalue weighted by Crippen LogP contribution is 2.50. The molecule has 1 aliphatic rings. The Hall–Kier alpha value is -1.51. The first-order chi connectivity index (χ1) is 7.32. The van der Waals surface area contributed by atoms with E-state index in [2.05, 4.69) is 11.4 Å². The molecular formula is C12H15NO2. The van der Waals surface area contributed by atoms with Crippen LogP contribution >= 0.6 is 0 Å². The second kappa shape index (κ2) is 3.93. The van der Waals surface area contributed by atoms with Crippen molar-refractivity contribution in [2.24, 2.45) is 0 Å². The number of methoxy groups -OCH3 is 1. The molecule has 1 saturated carbocycles. The molecular weight excluding hydrogens is 190 g/mol. The van der Waals surface area contributed by atoms with Gasteiger partial charge in [-0.3, -0.25) is 4.79 Å². The quantitative estimate of drug-likeness (QED) is 0.739. The number of hydrogen-bond donors (Lipinski definition) is 1. The molecule has 3 nitrogen and oxygen atoms in total. The van der Waals surface area contributed by atoms with Crippen LogP contribution in [0.5, 0.6) is 5.75 Å². The van der Waals surface area contributed by atoms with E-state index in [4.69, 9.17) is 4.74 Å². The smallest absolute Gasteiger partial charge is 0.207 e. The highest BCUT2D eigenvalue weighted by Gasteiger charge is 2.45. The lowest BCUT2D eigenvalue weighted by atomic mass is 9.95. The third kappa shape index (κ3) is 1.82. The summed E-state index contributed by atoms with van der Waals surface area (Å²) in [7, 11) is 1.68. The van der Waals surface area contributed by atoms with Crippen molar-refractivity contribution in [3.8, 4) is 5.75 Å². The fourth-order valence-electron chi connectivity index (χ4n) is 2.01. The van der Waals surface area contributed by atoms with Crippen LogP contribution in [-0.2, 0) is 10.2 Å². The Balaban J connectivity index is 2.24. The normalized spacial score (nSPS) is 16.9. The van der Waals surface area contributed by atoms with Crippen LogP contribution in [0, 0.1) is 0 Å². The Labute approximate surface area is 89.4 Å². The molecule has 1 N–H and O–H groups in total. The molecule has 1 fully saturated rings. The van der Waals surface area contributed by atoms with Gasteiger partial charge in [0.1, 0.15) is 5.75 Å². The van der Waals surface area contributed by atoms with Gasteiger partial charge >= 0.3 is 0 Å². The summed E-state index contributed by atoms with van der Waals surface area (Å²) < 4.78 is 5.34. The molecule has 0 saturated heterocycles.